The molecule has 1 atom stereocenters. The fraction of sp³-hybridized carbons (Fsp3) is 0.294. The normalized spacial score (nSPS) is 13.2. The van der Waals surface area contributed by atoms with Crippen molar-refractivity contribution in [3.8, 4) is 0 Å². The van der Waals surface area contributed by atoms with Crippen molar-refractivity contribution in [2.45, 2.75) is 25.9 Å². The van der Waals surface area contributed by atoms with Gasteiger partial charge in [0.2, 0.25) is 0 Å². The van der Waals surface area contributed by atoms with Gasteiger partial charge in [-0.3, -0.25) is 0 Å². The lowest BCUT2D eigenvalue weighted by atomic mass is 10.4. The van der Waals surface area contributed by atoms with Crippen molar-refractivity contribution in [1.82, 2.24) is 0 Å². The Kier molecular flexibility index (Phi) is 5.12. The highest BCUT2D eigenvalue weighted by atomic mass is 28.4. The van der Waals surface area contributed by atoms with E-state index in [0.717, 1.165) is 6.42 Å². The number of hydrogen-bond donors (Lipinski definition) is 1. The van der Waals surface area contributed by atoms with Gasteiger partial charge in [0, 0.05) is 12.3 Å². The minimum atomic E-state index is -2.37. The molecule has 0 saturated heterocycles. The van der Waals surface area contributed by atoms with Crippen LogP contribution in [0.3, 0.4) is 0 Å². The van der Waals surface area contributed by atoms with Gasteiger partial charge in [-0.15, -0.1) is 0 Å². The monoisotopic (exact) mass is 285 g/mol. The summed E-state index contributed by atoms with van der Waals surface area (Å²) in [7, 11) is -2.37. The van der Waals surface area contributed by atoms with E-state index in [9.17, 15) is 0 Å². The highest BCUT2D eigenvalue weighted by Crippen LogP contribution is 2.14. The zero-order valence-corrected chi connectivity index (χ0v) is 13.3. The number of nitrogens with two attached hydrogens (primary N) is 1. The molecular weight excluding hydrogens is 262 g/mol. The molecule has 0 radical (unpaired) electrons. The van der Waals surface area contributed by atoms with Gasteiger partial charge < -0.3 is 10.2 Å². The molecule has 2 aromatic rings. The third-order valence-corrected chi connectivity index (χ3v) is 8.32. The summed E-state index contributed by atoms with van der Waals surface area (Å²) in [5, 5.41) is 2.50. The summed E-state index contributed by atoms with van der Waals surface area (Å²) < 4.78 is 6.37. The molecule has 0 aliphatic rings. The van der Waals surface area contributed by atoms with Crippen LogP contribution in [0.1, 0.15) is 20.3 Å². The summed E-state index contributed by atoms with van der Waals surface area (Å²) in [4.78, 5) is 0. The Labute approximate surface area is 122 Å². The molecular formula is C17H23NOSi. The van der Waals surface area contributed by atoms with Crippen LogP contribution in [0.15, 0.2) is 60.7 Å². The Hall–Kier alpha value is -1.42. The topological polar surface area (TPSA) is 35.2 Å². The third kappa shape index (κ3) is 2.70. The highest BCUT2D eigenvalue weighted by molar-refractivity contribution is 6.98. The van der Waals surface area contributed by atoms with E-state index in [1.54, 1.807) is 0 Å². The van der Waals surface area contributed by atoms with E-state index in [-0.39, 0.29) is 5.67 Å². The second-order valence-electron chi connectivity index (χ2n) is 4.92. The average Bonchev–Trinajstić information content (AvgIpc) is 2.53. The predicted molar refractivity (Wildman–Crippen MR) is 87.8 cm³/mol. The first-order valence-corrected chi connectivity index (χ1v) is 9.24. The van der Waals surface area contributed by atoms with Crippen molar-refractivity contribution in [2.24, 2.45) is 5.73 Å². The Morgan fingerprint density at radius 2 is 1.35 bits per heavy atom. The van der Waals surface area contributed by atoms with Crippen molar-refractivity contribution in [3.63, 3.8) is 0 Å². The Morgan fingerprint density at radius 3 is 1.70 bits per heavy atom. The first kappa shape index (κ1) is 15.0. The molecule has 2 aromatic carbocycles. The predicted octanol–water partition coefficient (Wildman–Crippen LogP) is 2.06. The quantitative estimate of drug-likeness (QED) is 0.825. The third-order valence-electron chi connectivity index (χ3n) is 3.74. The van der Waals surface area contributed by atoms with Crippen LogP contribution in [0.4, 0.5) is 0 Å². The van der Waals surface area contributed by atoms with Gasteiger partial charge >= 0.3 is 0 Å². The molecule has 0 saturated carbocycles. The summed E-state index contributed by atoms with van der Waals surface area (Å²) in [6.45, 7) is 4.87. The highest BCUT2D eigenvalue weighted by Gasteiger charge is 2.44. The second-order valence-corrected chi connectivity index (χ2v) is 8.57. The molecule has 2 nitrogen and oxygen atoms in total. The van der Waals surface area contributed by atoms with E-state index in [2.05, 4.69) is 62.4 Å². The van der Waals surface area contributed by atoms with Gasteiger partial charge in [-0.25, -0.2) is 0 Å². The molecule has 0 amide bonds. The molecule has 0 fully saturated rings. The molecule has 3 heteroatoms. The smallest absolute Gasteiger partial charge is 0.272 e. The standard InChI is InChI=1S/C17H23NOSi/c1-3-17(18)20(19-4-2,15-11-7-5-8-12-15)16-13-9-6-10-14-16/h5-14,17H,3-4,18H2,1-2H3. The maximum Gasteiger partial charge on any atom is 0.272 e. The Morgan fingerprint density at radius 1 is 0.900 bits per heavy atom. The van der Waals surface area contributed by atoms with Crippen LogP contribution in [0.25, 0.3) is 0 Å². The van der Waals surface area contributed by atoms with Gasteiger partial charge in [0.1, 0.15) is 0 Å². The number of rotatable bonds is 6. The van der Waals surface area contributed by atoms with Crippen molar-refractivity contribution >= 4 is 18.7 Å². The van der Waals surface area contributed by atoms with E-state index in [1.165, 1.54) is 10.4 Å². The zero-order valence-electron chi connectivity index (χ0n) is 12.3. The fourth-order valence-corrected chi connectivity index (χ4v) is 6.90. The van der Waals surface area contributed by atoms with E-state index in [1.807, 2.05) is 12.1 Å². The summed E-state index contributed by atoms with van der Waals surface area (Å²) in [5.74, 6) is 0. The van der Waals surface area contributed by atoms with E-state index >= 15 is 0 Å². The molecule has 2 rings (SSSR count). The summed E-state index contributed by atoms with van der Waals surface area (Å²) >= 11 is 0. The minimum Gasteiger partial charge on any atom is -0.407 e. The molecule has 0 aromatic heterocycles. The van der Waals surface area contributed by atoms with Gasteiger partial charge in [-0.05, 0) is 23.7 Å². The van der Waals surface area contributed by atoms with Crippen LogP contribution in [-0.2, 0) is 4.43 Å². The first-order chi connectivity index (χ1) is 9.75. The lowest BCUT2D eigenvalue weighted by Crippen LogP contribution is -2.71. The van der Waals surface area contributed by atoms with E-state index in [4.69, 9.17) is 10.2 Å². The average molecular weight is 285 g/mol. The maximum absolute atomic E-state index is 6.54. The Balaban J connectivity index is 2.63. The maximum atomic E-state index is 6.54. The van der Waals surface area contributed by atoms with Crippen LogP contribution in [0.2, 0.25) is 0 Å². The summed E-state index contributed by atoms with van der Waals surface area (Å²) in [6, 6.07) is 21.0. The van der Waals surface area contributed by atoms with Crippen molar-refractivity contribution < 1.29 is 4.43 Å². The molecule has 106 valence electrons. The van der Waals surface area contributed by atoms with E-state index in [0.29, 0.717) is 6.61 Å². The SMILES string of the molecule is CCO[Si](c1ccccc1)(c1ccccc1)C(N)CC. The van der Waals surface area contributed by atoms with Crippen LogP contribution in [-0.4, -0.2) is 20.6 Å². The minimum absolute atomic E-state index is 0.0484. The molecule has 0 spiro atoms. The van der Waals surface area contributed by atoms with Crippen LogP contribution in [0.5, 0.6) is 0 Å². The molecule has 0 aliphatic carbocycles. The van der Waals surface area contributed by atoms with Crippen molar-refractivity contribution in [1.29, 1.82) is 0 Å². The van der Waals surface area contributed by atoms with Gasteiger partial charge in [0.15, 0.2) is 0 Å². The Bertz CT molecular complexity index is 476. The molecule has 2 N–H and O–H groups in total. The summed E-state index contributed by atoms with van der Waals surface area (Å²) in [5.41, 5.74) is 6.59. The van der Waals surface area contributed by atoms with Gasteiger partial charge in [-0.1, -0.05) is 67.6 Å². The second kappa shape index (κ2) is 6.84. The van der Waals surface area contributed by atoms with Gasteiger partial charge in [0.05, 0.1) is 0 Å². The number of benzene rings is 2. The van der Waals surface area contributed by atoms with Crippen molar-refractivity contribution in [3.05, 3.63) is 60.7 Å². The van der Waals surface area contributed by atoms with Crippen LogP contribution >= 0.6 is 0 Å². The number of hydrogen-bond acceptors (Lipinski definition) is 2. The lowest BCUT2D eigenvalue weighted by molar-refractivity contribution is 0.329. The molecule has 0 bridgehead atoms. The van der Waals surface area contributed by atoms with Crippen LogP contribution in [0, 0.1) is 0 Å². The molecule has 1 unspecified atom stereocenters. The van der Waals surface area contributed by atoms with Crippen LogP contribution < -0.4 is 16.1 Å². The molecule has 0 heterocycles. The molecule has 20 heavy (non-hydrogen) atoms. The largest absolute Gasteiger partial charge is 0.407 e. The van der Waals surface area contributed by atoms with Gasteiger partial charge in [0.25, 0.3) is 8.32 Å². The zero-order chi connectivity index (χ0) is 14.4. The van der Waals surface area contributed by atoms with E-state index < -0.39 is 8.32 Å². The fourth-order valence-electron chi connectivity index (χ4n) is 2.76. The summed E-state index contributed by atoms with van der Waals surface area (Å²) in [6.07, 6.45) is 0.913. The molecule has 0 aliphatic heterocycles. The lowest BCUT2D eigenvalue weighted by Gasteiger charge is -2.36. The van der Waals surface area contributed by atoms with Crippen molar-refractivity contribution in [2.75, 3.05) is 6.61 Å². The van der Waals surface area contributed by atoms with Gasteiger partial charge in [-0.2, -0.15) is 0 Å². The first-order valence-electron chi connectivity index (χ1n) is 7.26.